The molecule has 0 aromatic carbocycles. The summed E-state index contributed by atoms with van der Waals surface area (Å²) in [6.45, 7) is 3.75. The molecule has 1 aromatic heterocycles. The van der Waals surface area contributed by atoms with E-state index in [4.69, 9.17) is 7.85 Å². The average molecular weight is 193 g/mol. The minimum Gasteiger partial charge on any atom is -0.300 e. The van der Waals surface area contributed by atoms with E-state index in [-0.39, 0.29) is 11.6 Å². The van der Waals surface area contributed by atoms with Gasteiger partial charge < -0.3 is 0 Å². The largest absolute Gasteiger partial charge is 0.300 e. The Kier molecular flexibility index (Phi) is 3.66. The fourth-order valence-electron chi connectivity index (χ4n) is 0.903. The Labute approximate surface area is 83.8 Å². The first kappa shape index (κ1) is 10.4. The van der Waals surface area contributed by atoms with Crippen LogP contribution in [0.25, 0.3) is 0 Å². The number of ketones is 1. The maximum atomic E-state index is 11.3. The van der Waals surface area contributed by atoms with Crippen molar-refractivity contribution in [3.8, 4) is 0 Å². The molecule has 68 valence electrons. The predicted octanol–water partition coefficient (Wildman–Crippen LogP) is 1.79. The third-order valence-electron chi connectivity index (χ3n) is 1.79. The summed E-state index contributed by atoms with van der Waals surface area (Å²) in [4.78, 5) is 15.5. The summed E-state index contributed by atoms with van der Waals surface area (Å²) in [5.41, 5.74) is 1.05. The number of thiazole rings is 1. The number of aryl methyl sites for hydroxylation is 1. The van der Waals surface area contributed by atoms with E-state index in [0.717, 1.165) is 17.1 Å². The maximum absolute atomic E-state index is 11.3. The van der Waals surface area contributed by atoms with Gasteiger partial charge in [0, 0.05) is 5.38 Å². The van der Waals surface area contributed by atoms with Crippen LogP contribution >= 0.6 is 11.3 Å². The summed E-state index contributed by atoms with van der Waals surface area (Å²) >= 11 is 1.53. The molecule has 0 fully saturated rings. The molecule has 0 saturated carbocycles. The highest BCUT2D eigenvalue weighted by Gasteiger charge is 2.10. The summed E-state index contributed by atoms with van der Waals surface area (Å²) in [6.07, 6.45) is 1.30. The molecule has 1 aromatic rings. The van der Waals surface area contributed by atoms with E-state index >= 15 is 0 Å². The van der Waals surface area contributed by atoms with Crippen molar-refractivity contribution in [3.05, 3.63) is 16.1 Å². The smallest absolute Gasteiger partial charge is 0.133 e. The van der Waals surface area contributed by atoms with Crippen LogP contribution in [-0.4, -0.2) is 18.6 Å². The van der Waals surface area contributed by atoms with Crippen molar-refractivity contribution in [2.45, 2.75) is 32.5 Å². The van der Waals surface area contributed by atoms with Crippen molar-refractivity contribution in [1.82, 2.24) is 4.98 Å². The molecule has 13 heavy (non-hydrogen) atoms. The second-order valence-electron chi connectivity index (χ2n) is 3.02. The van der Waals surface area contributed by atoms with E-state index < -0.39 is 0 Å². The molecule has 0 N–H and O–H groups in total. The first-order chi connectivity index (χ1) is 6.13. The zero-order valence-corrected chi connectivity index (χ0v) is 8.73. The van der Waals surface area contributed by atoms with E-state index in [9.17, 15) is 4.79 Å². The fraction of sp³-hybridized carbons (Fsp3) is 0.556. The highest BCUT2D eigenvalue weighted by atomic mass is 32.1. The molecule has 1 rings (SSSR count). The third-order valence-corrected chi connectivity index (χ3v) is 2.69. The van der Waals surface area contributed by atoms with Gasteiger partial charge in [-0.05, 0) is 12.2 Å². The molecule has 1 unspecified atom stereocenters. The summed E-state index contributed by atoms with van der Waals surface area (Å²) in [5.74, 6) is -0.328. The van der Waals surface area contributed by atoms with Gasteiger partial charge in [0.2, 0.25) is 0 Å². The molecular formula is C9H12BNOS. The lowest BCUT2D eigenvalue weighted by molar-refractivity contribution is -0.118. The van der Waals surface area contributed by atoms with Crippen LogP contribution in [0.1, 0.15) is 24.5 Å². The maximum Gasteiger partial charge on any atom is 0.133 e. The lowest BCUT2D eigenvalue weighted by Crippen LogP contribution is -2.08. The van der Waals surface area contributed by atoms with Gasteiger partial charge in [-0.1, -0.05) is 13.8 Å². The molecule has 0 aliphatic carbocycles. The second-order valence-corrected chi connectivity index (χ2v) is 3.96. The van der Waals surface area contributed by atoms with Crippen LogP contribution in [0.15, 0.2) is 5.38 Å². The summed E-state index contributed by atoms with van der Waals surface area (Å²) in [7, 11) is 5.45. The molecule has 2 nitrogen and oxygen atoms in total. The minimum atomic E-state index is -0.381. The van der Waals surface area contributed by atoms with E-state index in [1.54, 1.807) is 6.92 Å². The lowest BCUT2D eigenvalue weighted by atomic mass is 9.84. The Morgan fingerprint density at radius 1 is 1.77 bits per heavy atom. The normalized spacial score (nSPS) is 12.8. The van der Waals surface area contributed by atoms with Crippen LogP contribution in [0.5, 0.6) is 0 Å². The quantitative estimate of drug-likeness (QED) is 0.682. The van der Waals surface area contributed by atoms with Crippen LogP contribution in [0.3, 0.4) is 0 Å². The molecule has 0 saturated heterocycles. The van der Waals surface area contributed by atoms with Gasteiger partial charge in [-0.25, -0.2) is 4.98 Å². The molecule has 0 bridgehead atoms. The van der Waals surface area contributed by atoms with Crippen LogP contribution in [-0.2, 0) is 17.6 Å². The van der Waals surface area contributed by atoms with Gasteiger partial charge in [0.25, 0.3) is 0 Å². The highest BCUT2D eigenvalue weighted by Crippen LogP contribution is 2.13. The van der Waals surface area contributed by atoms with Crippen molar-refractivity contribution in [1.29, 1.82) is 0 Å². The Balaban J connectivity index is 2.59. The Bertz CT molecular complexity index is 296. The Morgan fingerprint density at radius 3 is 2.92 bits per heavy atom. The van der Waals surface area contributed by atoms with E-state index in [1.165, 1.54) is 11.3 Å². The number of hydrogen-bond acceptors (Lipinski definition) is 3. The van der Waals surface area contributed by atoms with Gasteiger partial charge in [0.05, 0.1) is 20.0 Å². The number of Topliss-reactive ketones (excluding diaryl/α,β-unsaturated/α-hetero) is 1. The molecule has 4 heteroatoms. The lowest BCUT2D eigenvalue weighted by Gasteiger charge is -2.00. The molecule has 2 radical (unpaired) electrons. The van der Waals surface area contributed by atoms with Crippen molar-refractivity contribution in [3.63, 3.8) is 0 Å². The summed E-state index contributed by atoms with van der Waals surface area (Å²) in [6, 6.07) is 0. The van der Waals surface area contributed by atoms with Gasteiger partial charge in [-0.3, -0.25) is 4.79 Å². The third kappa shape index (κ3) is 2.96. The number of hydrogen-bond donors (Lipinski definition) is 0. The van der Waals surface area contributed by atoms with Crippen LogP contribution < -0.4 is 0 Å². The van der Waals surface area contributed by atoms with Crippen molar-refractivity contribution >= 4 is 25.0 Å². The van der Waals surface area contributed by atoms with Gasteiger partial charge in [0.15, 0.2) is 0 Å². The topological polar surface area (TPSA) is 30.0 Å². The van der Waals surface area contributed by atoms with E-state index in [0.29, 0.717) is 6.42 Å². The number of carbonyl (C=O) groups is 1. The molecule has 1 heterocycles. The predicted molar refractivity (Wildman–Crippen MR) is 55.4 cm³/mol. The van der Waals surface area contributed by atoms with Crippen molar-refractivity contribution < 1.29 is 4.79 Å². The van der Waals surface area contributed by atoms with Gasteiger partial charge >= 0.3 is 0 Å². The second kappa shape index (κ2) is 4.56. The zero-order valence-electron chi connectivity index (χ0n) is 7.91. The molecule has 0 aliphatic heterocycles. The monoisotopic (exact) mass is 193 g/mol. The van der Waals surface area contributed by atoms with Crippen LogP contribution in [0, 0.1) is 0 Å². The molecule has 0 amide bonds. The first-order valence-corrected chi connectivity index (χ1v) is 5.23. The molecular weight excluding hydrogens is 181 g/mol. The SMILES string of the molecule is [B]C(C)C(=O)Cc1nc(CC)cs1. The number of nitrogens with zero attached hydrogens (tertiary/aromatic N) is 1. The van der Waals surface area contributed by atoms with Gasteiger partial charge in [0.1, 0.15) is 10.8 Å². The van der Waals surface area contributed by atoms with Crippen molar-refractivity contribution in [2.24, 2.45) is 0 Å². The first-order valence-electron chi connectivity index (χ1n) is 4.35. The summed E-state index contributed by atoms with van der Waals surface area (Å²) < 4.78 is 0. The number of carbonyl (C=O) groups excluding carboxylic acids is 1. The van der Waals surface area contributed by atoms with E-state index in [2.05, 4.69) is 4.98 Å². The zero-order chi connectivity index (χ0) is 9.84. The average Bonchev–Trinajstić information content (AvgIpc) is 2.52. The van der Waals surface area contributed by atoms with Crippen molar-refractivity contribution in [2.75, 3.05) is 0 Å². The number of rotatable bonds is 4. The van der Waals surface area contributed by atoms with E-state index in [1.807, 2.05) is 12.3 Å². The molecule has 0 aliphatic rings. The van der Waals surface area contributed by atoms with Crippen LogP contribution in [0.2, 0.25) is 5.82 Å². The Hall–Kier alpha value is -0.635. The number of aromatic nitrogens is 1. The Morgan fingerprint density at radius 2 is 2.46 bits per heavy atom. The fourth-order valence-corrected chi connectivity index (χ4v) is 1.79. The standard InChI is InChI=1S/C9H12BNOS/c1-3-7-5-13-9(11-7)4-8(12)6(2)10/h5-6H,3-4H2,1-2H3. The van der Waals surface area contributed by atoms with Gasteiger partial charge in [-0.15, -0.1) is 11.3 Å². The highest BCUT2D eigenvalue weighted by molar-refractivity contribution is 7.09. The van der Waals surface area contributed by atoms with Crippen LogP contribution in [0.4, 0.5) is 0 Å². The summed E-state index contributed by atoms with van der Waals surface area (Å²) in [5, 5.41) is 2.86. The molecule has 0 spiro atoms. The molecule has 1 atom stereocenters. The van der Waals surface area contributed by atoms with Gasteiger partial charge in [-0.2, -0.15) is 0 Å². The minimum absolute atomic E-state index is 0.0528.